The fraction of sp³-hybridized carbons (Fsp3) is 0.417. The van der Waals surface area contributed by atoms with Gasteiger partial charge in [0.05, 0.1) is 23.3 Å². The molecule has 1 aliphatic rings. The fourth-order valence-corrected chi connectivity index (χ4v) is 1.97. The van der Waals surface area contributed by atoms with Gasteiger partial charge >= 0.3 is 0 Å². The minimum atomic E-state index is 0.580. The Balaban J connectivity index is 1.98. The van der Waals surface area contributed by atoms with Gasteiger partial charge < -0.3 is 11.1 Å². The molecule has 0 spiro atoms. The smallest absolute Gasteiger partial charge is 0.0856 e. The lowest BCUT2D eigenvalue weighted by Gasteiger charge is -2.15. The summed E-state index contributed by atoms with van der Waals surface area (Å²) < 4.78 is 0. The molecule has 1 saturated carbocycles. The summed E-state index contributed by atoms with van der Waals surface area (Å²) >= 11 is 0. The van der Waals surface area contributed by atoms with E-state index in [1.807, 2.05) is 12.1 Å². The second kappa shape index (κ2) is 4.34. The fourth-order valence-electron chi connectivity index (χ4n) is 1.97. The number of aromatic nitrogens is 1. The summed E-state index contributed by atoms with van der Waals surface area (Å²) in [6.07, 6.45) is 6.79. The molecular formula is C12H17N3. The lowest BCUT2D eigenvalue weighted by atomic mass is 10.2. The summed E-state index contributed by atoms with van der Waals surface area (Å²) in [5.41, 5.74) is 8.06. The van der Waals surface area contributed by atoms with Crippen molar-refractivity contribution in [1.29, 1.82) is 0 Å². The first-order valence-corrected chi connectivity index (χ1v) is 5.43. The summed E-state index contributed by atoms with van der Waals surface area (Å²) in [6.45, 7) is 4.00. The summed E-state index contributed by atoms with van der Waals surface area (Å²) in [4.78, 5) is 4.23. The summed E-state index contributed by atoms with van der Waals surface area (Å²) in [7, 11) is 0. The molecule has 0 radical (unpaired) electrons. The molecular weight excluding hydrogens is 186 g/mol. The van der Waals surface area contributed by atoms with Gasteiger partial charge in [0.1, 0.15) is 0 Å². The predicted octanol–water partition coefficient (Wildman–Crippen LogP) is 2.17. The van der Waals surface area contributed by atoms with Crippen molar-refractivity contribution in [2.45, 2.75) is 31.7 Å². The Morgan fingerprint density at radius 3 is 2.73 bits per heavy atom. The van der Waals surface area contributed by atoms with Crippen LogP contribution in [-0.4, -0.2) is 11.0 Å². The highest BCUT2D eigenvalue weighted by Crippen LogP contribution is 2.20. The van der Waals surface area contributed by atoms with Crippen LogP contribution in [0.2, 0.25) is 0 Å². The maximum absolute atomic E-state index is 5.58. The van der Waals surface area contributed by atoms with Crippen LogP contribution in [0.1, 0.15) is 31.4 Å². The van der Waals surface area contributed by atoms with Crippen LogP contribution < -0.4 is 11.1 Å². The van der Waals surface area contributed by atoms with Crippen LogP contribution in [0.15, 0.2) is 24.9 Å². The molecule has 0 bridgehead atoms. The van der Waals surface area contributed by atoms with E-state index < -0.39 is 0 Å². The van der Waals surface area contributed by atoms with Crippen molar-refractivity contribution in [3.05, 3.63) is 30.6 Å². The number of nitrogens with two attached hydrogens (primary N) is 1. The van der Waals surface area contributed by atoms with Gasteiger partial charge in [-0.15, -0.1) is 0 Å². The number of rotatable bonds is 3. The Kier molecular flexibility index (Phi) is 2.90. The lowest BCUT2D eigenvalue weighted by molar-refractivity contribution is 0.618. The number of anilines is 1. The van der Waals surface area contributed by atoms with Crippen LogP contribution in [0.3, 0.4) is 0 Å². The SMILES string of the molecule is C=C(NC1CCCC1)c1ccc(N)cn1. The summed E-state index contributed by atoms with van der Waals surface area (Å²) in [5, 5.41) is 3.42. The van der Waals surface area contributed by atoms with Crippen molar-refractivity contribution < 1.29 is 0 Å². The number of hydrogen-bond donors (Lipinski definition) is 2. The van der Waals surface area contributed by atoms with Crippen molar-refractivity contribution in [3.63, 3.8) is 0 Å². The molecule has 0 aromatic carbocycles. The normalized spacial score (nSPS) is 16.5. The highest BCUT2D eigenvalue weighted by atomic mass is 14.9. The number of nitrogen functional groups attached to an aromatic ring is 1. The molecule has 15 heavy (non-hydrogen) atoms. The molecule has 1 aromatic heterocycles. The van der Waals surface area contributed by atoms with E-state index in [9.17, 15) is 0 Å². The standard InChI is InChI=1S/C12H17N3/c1-9(15-11-4-2-3-5-11)12-7-6-10(13)8-14-12/h6-8,11,15H,1-5,13H2. The average molecular weight is 203 g/mol. The second-order valence-electron chi connectivity index (χ2n) is 4.08. The van der Waals surface area contributed by atoms with Crippen molar-refractivity contribution >= 4 is 11.4 Å². The number of nitrogens with one attached hydrogen (secondary N) is 1. The zero-order valence-corrected chi connectivity index (χ0v) is 8.87. The first-order valence-electron chi connectivity index (χ1n) is 5.43. The molecule has 0 saturated heterocycles. The molecule has 1 heterocycles. The van der Waals surface area contributed by atoms with Gasteiger partial charge in [-0.25, -0.2) is 0 Å². The molecule has 0 aliphatic heterocycles. The molecule has 1 fully saturated rings. The van der Waals surface area contributed by atoms with Gasteiger partial charge in [0.15, 0.2) is 0 Å². The van der Waals surface area contributed by atoms with Gasteiger partial charge in [-0.05, 0) is 25.0 Å². The minimum Gasteiger partial charge on any atom is -0.397 e. The summed E-state index contributed by atoms with van der Waals surface area (Å²) in [5.74, 6) is 0. The minimum absolute atomic E-state index is 0.580. The zero-order valence-electron chi connectivity index (χ0n) is 8.87. The van der Waals surface area contributed by atoms with E-state index >= 15 is 0 Å². The maximum atomic E-state index is 5.58. The zero-order chi connectivity index (χ0) is 10.7. The number of nitrogens with zero attached hydrogens (tertiary/aromatic N) is 1. The van der Waals surface area contributed by atoms with E-state index in [2.05, 4.69) is 16.9 Å². The quantitative estimate of drug-likeness (QED) is 0.791. The first-order chi connectivity index (χ1) is 7.25. The van der Waals surface area contributed by atoms with Crippen LogP contribution in [0.4, 0.5) is 5.69 Å². The van der Waals surface area contributed by atoms with E-state index in [1.165, 1.54) is 25.7 Å². The van der Waals surface area contributed by atoms with Gasteiger partial charge in [-0.3, -0.25) is 4.98 Å². The van der Waals surface area contributed by atoms with Crippen LogP contribution in [0.5, 0.6) is 0 Å². The number of pyridine rings is 1. The molecule has 3 N–H and O–H groups in total. The third-order valence-corrected chi connectivity index (χ3v) is 2.83. The molecule has 0 unspecified atom stereocenters. The maximum Gasteiger partial charge on any atom is 0.0856 e. The monoisotopic (exact) mass is 203 g/mol. The summed E-state index contributed by atoms with van der Waals surface area (Å²) in [6, 6.07) is 4.33. The van der Waals surface area contributed by atoms with Crippen LogP contribution in [0, 0.1) is 0 Å². The Morgan fingerprint density at radius 1 is 1.40 bits per heavy atom. The lowest BCUT2D eigenvalue weighted by Crippen LogP contribution is -2.24. The van der Waals surface area contributed by atoms with E-state index in [0.717, 1.165) is 11.4 Å². The van der Waals surface area contributed by atoms with Gasteiger partial charge in [0, 0.05) is 6.04 Å². The predicted molar refractivity (Wildman–Crippen MR) is 63.1 cm³/mol. The van der Waals surface area contributed by atoms with Gasteiger partial charge in [-0.2, -0.15) is 0 Å². The molecule has 80 valence electrons. The molecule has 0 atom stereocenters. The van der Waals surface area contributed by atoms with Crippen molar-refractivity contribution in [2.75, 3.05) is 5.73 Å². The molecule has 1 aliphatic carbocycles. The number of hydrogen-bond acceptors (Lipinski definition) is 3. The molecule has 3 heteroatoms. The molecule has 0 amide bonds. The molecule has 3 nitrogen and oxygen atoms in total. The van der Waals surface area contributed by atoms with Crippen LogP contribution in [-0.2, 0) is 0 Å². The van der Waals surface area contributed by atoms with Crippen molar-refractivity contribution in [3.8, 4) is 0 Å². The largest absolute Gasteiger partial charge is 0.397 e. The Morgan fingerprint density at radius 2 is 2.13 bits per heavy atom. The van der Waals surface area contributed by atoms with Crippen molar-refractivity contribution in [1.82, 2.24) is 10.3 Å². The Bertz CT molecular complexity index is 336. The Hall–Kier alpha value is -1.51. The van der Waals surface area contributed by atoms with E-state index in [0.29, 0.717) is 11.7 Å². The topological polar surface area (TPSA) is 50.9 Å². The second-order valence-corrected chi connectivity index (χ2v) is 4.08. The van der Waals surface area contributed by atoms with Crippen LogP contribution >= 0.6 is 0 Å². The van der Waals surface area contributed by atoms with Gasteiger partial charge in [0.2, 0.25) is 0 Å². The highest BCUT2D eigenvalue weighted by Gasteiger charge is 2.15. The third-order valence-electron chi connectivity index (χ3n) is 2.83. The van der Waals surface area contributed by atoms with Crippen molar-refractivity contribution in [2.24, 2.45) is 0 Å². The molecule has 2 rings (SSSR count). The van der Waals surface area contributed by atoms with E-state index in [-0.39, 0.29) is 0 Å². The van der Waals surface area contributed by atoms with Gasteiger partial charge in [0.25, 0.3) is 0 Å². The molecule has 1 aromatic rings. The van der Waals surface area contributed by atoms with Crippen LogP contribution in [0.25, 0.3) is 5.70 Å². The van der Waals surface area contributed by atoms with E-state index in [4.69, 9.17) is 5.73 Å². The average Bonchev–Trinajstić information content (AvgIpc) is 2.71. The first kappa shape index (κ1) is 10.0. The Labute approximate surface area is 90.4 Å². The van der Waals surface area contributed by atoms with Gasteiger partial charge in [-0.1, -0.05) is 19.4 Å². The highest BCUT2D eigenvalue weighted by molar-refractivity contribution is 5.59. The third kappa shape index (κ3) is 2.49. The van der Waals surface area contributed by atoms with E-state index in [1.54, 1.807) is 6.20 Å².